The molecule has 7 nitrogen and oxygen atoms in total. The lowest BCUT2D eigenvalue weighted by Gasteiger charge is -2.32. The Morgan fingerprint density at radius 3 is 2.42 bits per heavy atom. The molecule has 210 valence electrons. The summed E-state index contributed by atoms with van der Waals surface area (Å²) in [7, 11) is 1.63. The Labute approximate surface area is 236 Å². The highest BCUT2D eigenvalue weighted by atomic mass is 16.6. The van der Waals surface area contributed by atoms with Crippen LogP contribution in [0.2, 0.25) is 0 Å². The van der Waals surface area contributed by atoms with E-state index in [0.29, 0.717) is 38.3 Å². The van der Waals surface area contributed by atoms with Gasteiger partial charge in [-0.25, -0.2) is 0 Å². The highest BCUT2D eigenvalue weighted by Crippen LogP contribution is 2.31. The minimum atomic E-state index is -0.637. The first-order valence-electron chi connectivity index (χ1n) is 14.2. The van der Waals surface area contributed by atoms with E-state index in [1.54, 1.807) is 12.0 Å². The molecule has 1 heterocycles. The molecule has 1 fully saturated rings. The number of hydrogen-bond acceptors (Lipinski definition) is 5. The minimum Gasteiger partial charge on any atom is -0.497 e. The predicted molar refractivity (Wildman–Crippen MR) is 154 cm³/mol. The largest absolute Gasteiger partial charge is 0.497 e. The number of fused-ring (bicyclic) bond motifs is 1. The fourth-order valence-corrected chi connectivity index (χ4v) is 5.53. The number of amides is 2. The number of benzene rings is 3. The van der Waals surface area contributed by atoms with E-state index in [-0.39, 0.29) is 24.3 Å². The highest BCUT2D eigenvalue weighted by Gasteiger charge is 2.32. The van der Waals surface area contributed by atoms with Crippen LogP contribution in [0.25, 0.3) is 0 Å². The van der Waals surface area contributed by atoms with E-state index in [2.05, 4.69) is 5.32 Å². The van der Waals surface area contributed by atoms with Crippen molar-refractivity contribution in [3.05, 3.63) is 89.5 Å². The van der Waals surface area contributed by atoms with Crippen LogP contribution >= 0.6 is 0 Å². The van der Waals surface area contributed by atoms with Gasteiger partial charge in [0, 0.05) is 25.4 Å². The number of ether oxygens (including phenoxy) is 3. The van der Waals surface area contributed by atoms with Gasteiger partial charge < -0.3 is 24.4 Å². The van der Waals surface area contributed by atoms with Crippen LogP contribution in [-0.4, -0.2) is 49.1 Å². The Morgan fingerprint density at radius 2 is 1.65 bits per heavy atom. The van der Waals surface area contributed by atoms with Crippen molar-refractivity contribution in [2.75, 3.05) is 20.3 Å². The van der Waals surface area contributed by atoms with Crippen molar-refractivity contribution in [2.45, 2.75) is 63.6 Å². The normalized spacial score (nSPS) is 15.3. The van der Waals surface area contributed by atoms with Crippen LogP contribution in [0.4, 0.5) is 0 Å². The molecule has 3 aromatic carbocycles. The minimum absolute atomic E-state index is 0.0692. The van der Waals surface area contributed by atoms with Crippen LogP contribution in [0.1, 0.15) is 48.8 Å². The Hall–Kier alpha value is -4.00. The molecule has 1 N–H and O–H groups in total. The molecule has 0 spiro atoms. The van der Waals surface area contributed by atoms with Crippen LogP contribution in [0.5, 0.6) is 17.2 Å². The number of hydrogen-bond donors (Lipinski definition) is 1. The van der Waals surface area contributed by atoms with E-state index in [0.717, 1.165) is 53.9 Å². The lowest BCUT2D eigenvalue weighted by atomic mass is 10.0. The molecule has 2 aliphatic rings. The molecule has 1 unspecified atom stereocenters. The first-order valence-corrected chi connectivity index (χ1v) is 14.2. The Bertz CT molecular complexity index is 1290. The van der Waals surface area contributed by atoms with E-state index < -0.39 is 6.04 Å². The zero-order valence-electron chi connectivity index (χ0n) is 23.1. The summed E-state index contributed by atoms with van der Waals surface area (Å²) in [6, 6.07) is 23.0. The topological polar surface area (TPSA) is 77.1 Å². The van der Waals surface area contributed by atoms with Crippen LogP contribution in [0.3, 0.4) is 0 Å². The van der Waals surface area contributed by atoms with Crippen molar-refractivity contribution >= 4 is 11.8 Å². The van der Waals surface area contributed by atoms with Crippen LogP contribution in [0, 0.1) is 0 Å². The van der Waals surface area contributed by atoms with Crippen molar-refractivity contribution in [2.24, 2.45) is 0 Å². The molecule has 1 aliphatic heterocycles. The van der Waals surface area contributed by atoms with Crippen molar-refractivity contribution in [3.63, 3.8) is 0 Å². The number of nitrogens with zero attached hydrogens (tertiary/aromatic N) is 1. The third-order valence-electron chi connectivity index (χ3n) is 7.69. The smallest absolute Gasteiger partial charge is 0.243 e. The van der Waals surface area contributed by atoms with Gasteiger partial charge in [-0.05, 0) is 60.2 Å². The summed E-state index contributed by atoms with van der Waals surface area (Å²) >= 11 is 0. The zero-order valence-corrected chi connectivity index (χ0v) is 23.1. The molecule has 40 heavy (non-hydrogen) atoms. The van der Waals surface area contributed by atoms with Gasteiger partial charge >= 0.3 is 0 Å². The average Bonchev–Trinajstić information content (AvgIpc) is 3.51. The average molecular weight is 543 g/mol. The molecule has 1 saturated carbocycles. The Morgan fingerprint density at radius 1 is 0.900 bits per heavy atom. The third kappa shape index (κ3) is 7.14. The van der Waals surface area contributed by atoms with E-state index >= 15 is 0 Å². The number of methoxy groups -OCH3 is 1. The molecule has 7 heteroatoms. The second-order valence-electron chi connectivity index (χ2n) is 10.5. The van der Waals surface area contributed by atoms with Gasteiger partial charge in [-0.15, -0.1) is 0 Å². The number of nitrogens with one attached hydrogen (secondary N) is 1. The molecule has 1 aliphatic carbocycles. The summed E-state index contributed by atoms with van der Waals surface area (Å²) < 4.78 is 16.8. The van der Waals surface area contributed by atoms with E-state index in [1.165, 1.54) is 0 Å². The fraction of sp³-hybridized carbons (Fsp3) is 0.394. The lowest BCUT2D eigenvalue weighted by molar-refractivity contribution is -0.141. The monoisotopic (exact) mass is 542 g/mol. The van der Waals surface area contributed by atoms with Crippen molar-refractivity contribution in [1.82, 2.24) is 10.2 Å². The van der Waals surface area contributed by atoms with Gasteiger partial charge in [0.05, 0.1) is 7.11 Å². The van der Waals surface area contributed by atoms with Crippen LogP contribution < -0.4 is 19.5 Å². The van der Waals surface area contributed by atoms with Crippen LogP contribution in [-0.2, 0) is 29.0 Å². The van der Waals surface area contributed by atoms with Gasteiger partial charge in [0.1, 0.15) is 25.0 Å². The molecule has 0 bridgehead atoms. The number of carbonyl (C=O) groups excluding carboxylic acids is 2. The summed E-state index contributed by atoms with van der Waals surface area (Å²) in [6.45, 7) is 1.36. The summed E-state index contributed by atoms with van der Waals surface area (Å²) in [5, 5.41) is 3.26. The summed E-state index contributed by atoms with van der Waals surface area (Å²) in [6.07, 6.45) is 5.46. The SMILES string of the molecule is COc1cccc(CN(C(=O)CCc2ccc3c(c2)OCCO3)C(Cc2ccccc2)C(=O)NC2CCCC2)c1. The molecular formula is C33H38N2O5. The standard InChI is InChI=1S/C33H38N2O5/c1-38-28-13-7-10-26(20-28)23-35(32(36)17-15-25-14-16-30-31(22-25)40-19-18-39-30)29(21-24-8-3-2-4-9-24)33(37)34-27-11-5-6-12-27/h2-4,7-10,13-14,16,20,22,27,29H,5-6,11-12,15,17-19,21,23H2,1H3,(H,34,37). The van der Waals surface area contributed by atoms with E-state index in [4.69, 9.17) is 14.2 Å². The molecule has 5 rings (SSSR count). The first-order chi connectivity index (χ1) is 19.6. The van der Waals surface area contributed by atoms with Gasteiger partial charge in [-0.1, -0.05) is 61.4 Å². The number of aryl methyl sites for hydroxylation is 1. The zero-order chi connectivity index (χ0) is 27.7. The van der Waals surface area contributed by atoms with Gasteiger partial charge in [-0.3, -0.25) is 9.59 Å². The molecule has 1 atom stereocenters. The fourth-order valence-electron chi connectivity index (χ4n) is 5.53. The quantitative estimate of drug-likeness (QED) is 0.365. The van der Waals surface area contributed by atoms with Gasteiger partial charge in [0.2, 0.25) is 11.8 Å². The maximum atomic E-state index is 14.0. The molecule has 0 aromatic heterocycles. The number of carbonyl (C=O) groups is 2. The Balaban J connectivity index is 1.40. The van der Waals surface area contributed by atoms with Crippen molar-refractivity contribution in [3.8, 4) is 17.2 Å². The molecule has 0 radical (unpaired) electrons. The summed E-state index contributed by atoms with van der Waals surface area (Å²) in [5.41, 5.74) is 2.93. The lowest BCUT2D eigenvalue weighted by Crippen LogP contribution is -2.52. The van der Waals surface area contributed by atoms with E-state index in [9.17, 15) is 9.59 Å². The summed E-state index contributed by atoms with van der Waals surface area (Å²) in [4.78, 5) is 29.6. The number of rotatable bonds is 11. The van der Waals surface area contributed by atoms with Crippen LogP contribution in [0.15, 0.2) is 72.8 Å². The second kappa shape index (κ2) is 13.4. The maximum Gasteiger partial charge on any atom is 0.243 e. The highest BCUT2D eigenvalue weighted by molar-refractivity contribution is 5.88. The second-order valence-corrected chi connectivity index (χ2v) is 10.5. The predicted octanol–water partition coefficient (Wildman–Crippen LogP) is 5.10. The van der Waals surface area contributed by atoms with Crippen molar-refractivity contribution in [1.29, 1.82) is 0 Å². The molecular weight excluding hydrogens is 504 g/mol. The van der Waals surface area contributed by atoms with Gasteiger partial charge in [0.25, 0.3) is 0 Å². The molecule has 2 amide bonds. The maximum absolute atomic E-state index is 14.0. The van der Waals surface area contributed by atoms with Gasteiger partial charge in [0.15, 0.2) is 11.5 Å². The van der Waals surface area contributed by atoms with Gasteiger partial charge in [-0.2, -0.15) is 0 Å². The van der Waals surface area contributed by atoms with Crippen molar-refractivity contribution < 1.29 is 23.8 Å². The van der Waals surface area contributed by atoms with E-state index in [1.807, 2.05) is 72.8 Å². The molecule has 0 saturated heterocycles. The first kappa shape index (κ1) is 27.6. The summed E-state index contributed by atoms with van der Waals surface area (Å²) in [5.74, 6) is 2.00. The Kier molecular flexibility index (Phi) is 9.22. The third-order valence-corrected chi connectivity index (χ3v) is 7.69. The molecule has 3 aromatic rings.